The summed E-state index contributed by atoms with van der Waals surface area (Å²) < 4.78 is 38.1. The molecule has 5 nitrogen and oxygen atoms in total. The van der Waals surface area contributed by atoms with Crippen molar-refractivity contribution in [3.05, 3.63) is 64.8 Å². The first-order valence-corrected chi connectivity index (χ1v) is 7.42. The quantitative estimate of drug-likeness (QED) is 0.413. The van der Waals surface area contributed by atoms with Crippen molar-refractivity contribution in [3.8, 4) is 11.8 Å². The third-order valence-electron chi connectivity index (χ3n) is 3.14. The van der Waals surface area contributed by atoms with E-state index in [1.807, 2.05) is 0 Å². The molecule has 9 heteroatoms. The number of hydrogen-bond acceptors (Lipinski definition) is 4. The first-order valence-electron chi connectivity index (χ1n) is 7.04. The van der Waals surface area contributed by atoms with Crippen molar-refractivity contribution >= 4 is 28.9 Å². The highest BCUT2D eigenvalue weighted by Crippen LogP contribution is 2.31. The Balaban J connectivity index is 2.16. The summed E-state index contributed by atoms with van der Waals surface area (Å²) in [6.07, 6.45) is -3.55. The molecular weight excluding hydrogens is 371 g/mol. The van der Waals surface area contributed by atoms with Crippen LogP contribution in [0.25, 0.3) is 0 Å². The van der Waals surface area contributed by atoms with E-state index in [0.29, 0.717) is 5.02 Å². The number of phenols is 1. The summed E-state index contributed by atoms with van der Waals surface area (Å²) in [6, 6.07) is 9.76. The van der Waals surface area contributed by atoms with Gasteiger partial charge in [0.05, 0.1) is 11.3 Å². The number of nitriles is 1. The maximum Gasteiger partial charge on any atom is 0.416 e. The van der Waals surface area contributed by atoms with E-state index in [1.54, 1.807) is 6.07 Å². The molecule has 1 amide bonds. The van der Waals surface area contributed by atoms with Crippen LogP contribution in [-0.4, -0.2) is 11.0 Å². The molecule has 0 atom stereocenters. The number of phenolic OH excluding ortho intramolecular Hbond substituents is 1. The highest BCUT2D eigenvalue weighted by molar-refractivity contribution is 6.30. The maximum atomic E-state index is 12.7. The smallest absolute Gasteiger partial charge is 0.416 e. The summed E-state index contributed by atoms with van der Waals surface area (Å²) in [4.78, 5) is 12.1. The van der Waals surface area contributed by atoms with Crippen LogP contribution in [0.3, 0.4) is 0 Å². The number of amides is 1. The number of nitrogens with one attached hydrogen (secondary N) is 2. The van der Waals surface area contributed by atoms with E-state index in [1.165, 1.54) is 24.3 Å². The number of nitrogens with zero attached hydrogens (tertiary/aromatic N) is 1. The first kappa shape index (κ1) is 19.1. The zero-order valence-corrected chi connectivity index (χ0v) is 13.7. The minimum Gasteiger partial charge on any atom is -0.506 e. The third kappa shape index (κ3) is 4.91. The molecule has 0 bridgehead atoms. The van der Waals surface area contributed by atoms with Crippen molar-refractivity contribution in [2.24, 2.45) is 0 Å². The van der Waals surface area contributed by atoms with E-state index in [9.17, 15) is 23.1 Å². The first-order chi connectivity index (χ1) is 12.2. The van der Waals surface area contributed by atoms with Gasteiger partial charge in [-0.05, 0) is 36.4 Å². The van der Waals surface area contributed by atoms with Gasteiger partial charge in [-0.25, -0.2) is 0 Å². The Morgan fingerprint density at radius 3 is 2.62 bits per heavy atom. The van der Waals surface area contributed by atoms with E-state index >= 15 is 0 Å². The van der Waals surface area contributed by atoms with Crippen molar-refractivity contribution in [2.75, 3.05) is 10.6 Å². The largest absolute Gasteiger partial charge is 0.506 e. The minimum absolute atomic E-state index is 0.114. The lowest BCUT2D eigenvalue weighted by Crippen LogP contribution is -2.15. The summed E-state index contributed by atoms with van der Waals surface area (Å²) >= 11 is 5.78. The fraction of sp³-hybridized carbons (Fsp3) is 0.0588. The standard InChI is InChI=1S/C17H11ClF3N3O2/c18-12-4-5-15(25)14(7-12)23-9-10(8-22)16(26)24-13-3-1-2-11(6-13)17(19,20)21/h1-7,9,23,25H,(H,24,26)/b10-9-. The zero-order valence-electron chi connectivity index (χ0n) is 12.9. The summed E-state index contributed by atoms with van der Waals surface area (Å²) in [5, 5.41) is 23.8. The normalized spacial score (nSPS) is 11.6. The van der Waals surface area contributed by atoms with Crippen LogP contribution in [0.2, 0.25) is 5.02 Å². The van der Waals surface area contributed by atoms with Crippen LogP contribution in [0.1, 0.15) is 5.56 Å². The molecule has 0 saturated heterocycles. The van der Waals surface area contributed by atoms with Gasteiger partial charge in [-0.15, -0.1) is 0 Å². The highest BCUT2D eigenvalue weighted by atomic mass is 35.5. The number of benzene rings is 2. The van der Waals surface area contributed by atoms with Crippen molar-refractivity contribution in [1.29, 1.82) is 5.26 Å². The van der Waals surface area contributed by atoms with Gasteiger partial charge in [-0.3, -0.25) is 4.79 Å². The maximum absolute atomic E-state index is 12.7. The Morgan fingerprint density at radius 2 is 1.96 bits per heavy atom. The SMILES string of the molecule is N#C/C(=C/Nc1cc(Cl)ccc1O)C(=O)Nc1cccc(C(F)(F)F)c1. The molecule has 0 aliphatic carbocycles. The number of anilines is 2. The average molecular weight is 382 g/mol. The molecule has 0 heterocycles. The lowest BCUT2D eigenvalue weighted by molar-refractivity contribution is -0.137. The predicted molar refractivity (Wildman–Crippen MR) is 90.5 cm³/mol. The predicted octanol–water partition coefficient (Wildman–Crippen LogP) is 4.52. The molecule has 0 spiro atoms. The molecule has 2 rings (SSSR count). The van der Waals surface area contributed by atoms with Gasteiger partial charge in [0.25, 0.3) is 5.91 Å². The molecule has 2 aromatic rings. The van der Waals surface area contributed by atoms with E-state index < -0.39 is 23.2 Å². The van der Waals surface area contributed by atoms with Crippen LogP contribution >= 0.6 is 11.6 Å². The Labute approximate surface area is 151 Å². The molecule has 0 aliphatic rings. The summed E-state index contributed by atoms with van der Waals surface area (Å²) in [6.45, 7) is 0. The number of rotatable bonds is 4. The number of carbonyl (C=O) groups excluding carboxylic acids is 1. The van der Waals surface area contributed by atoms with Gasteiger partial charge in [-0.1, -0.05) is 17.7 Å². The molecule has 26 heavy (non-hydrogen) atoms. The average Bonchev–Trinajstić information content (AvgIpc) is 2.58. The lowest BCUT2D eigenvalue weighted by Gasteiger charge is -2.10. The van der Waals surface area contributed by atoms with Crippen LogP contribution in [0.5, 0.6) is 5.75 Å². The molecule has 134 valence electrons. The van der Waals surface area contributed by atoms with E-state index in [0.717, 1.165) is 24.4 Å². The molecule has 0 unspecified atom stereocenters. The lowest BCUT2D eigenvalue weighted by atomic mass is 10.2. The summed E-state index contributed by atoms with van der Waals surface area (Å²) in [5.74, 6) is -1.08. The van der Waals surface area contributed by atoms with Gasteiger partial charge in [0.2, 0.25) is 0 Å². The van der Waals surface area contributed by atoms with Crippen LogP contribution in [0, 0.1) is 11.3 Å². The molecule has 0 aliphatic heterocycles. The Morgan fingerprint density at radius 1 is 1.23 bits per heavy atom. The Hall–Kier alpha value is -3.18. The Bertz CT molecular complexity index is 905. The summed E-state index contributed by atoms with van der Waals surface area (Å²) in [5.41, 5.74) is -1.31. The zero-order chi connectivity index (χ0) is 19.3. The van der Waals surface area contributed by atoms with E-state index in [-0.39, 0.29) is 17.1 Å². The van der Waals surface area contributed by atoms with Gasteiger partial charge in [0.1, 0.15) is 17.4 Å². The van der Waals surface area contributed by atoms with Crippen molar-refractivity contribution < 1.29 is 23.1 Å². The minimum atomic E-state index is -4.56. The van der Waals surface area contributed by atoms with Crippen molar-refractivity contribution in [3.63, 3.8) is 0 Å². The fourth-order valence-corrected chi connectivity index (χ4v) is 2.07. The number of hydrogen-bond donors (Lipinski definition) is 3. The number of carbonyl (C=O) groups is 1. The van der Waals surface area contributed by atoms with Gasteiger partial charge >= 0.3 is 6.18 Å². The molecule has 3 N–H and O–H groups in total. The van der Waals surface area contributed by atoms with Crippen LogP contribution in [-0.2, 0) is 11.0 Å². The molecule has 0 radical (unpaired) electrons. The van der Waals surface area contributed by atoms with Gasteiger partial charge in [0.15, 0.2) is 0 Å². The molecule has 2 aromatic carbocycles. The fourth-order valence-electron chi connectivity index (χ4n) is 1.89. The number of halogens is 4. The number of aromatic hydroxyl groups is 1. The van der Waals surface area contributed by atoms with Gasteiger partial charge in [-0.2, -0.15) is 18.4 Å². The van der Waals surface area contributed by atoms with Crippen molar-refractivity contribution in [2.45, 2.75) is 6.18 Å². The molecule has 0 saturated carbocycles. The summed E-state index contributed by atoms with van der Waals surface area (Å²) in [7, 11) is 0. The van der Waals surface area contributed by atoms with Crippen LogP contribution < -0.4 is 10.6 Å². The number of alkyl halides is 3. The van der Waals surface area contributed by atoms with E-state index in [4.69, 9.17) is 16.9 Å². The molecular formula is C17H11ClF3N3O2. The van der Waals surface area contributed by atoms with Gasteiger partial charge in [0, 0.05) is 16.9 Å². The highest BCUT2D eigenvalue weighted by Gasteiger charge is 2.30. The van der Waals surface area contributed by atoms with E-state index in [2.05, 4.69) is 10.6 Å². The third-order valence-corrected chi connectivity index (χ3v) is 3.38. The molecule has 0 fully saturated rings. The monoisotopic (exact) mass is 381 g/mol. The Kier molecular flexibility index (Phi) is 5.75. The molecule has 0 aromatic heterocycles. The van der Waals surface area contributed by atoms with Crippen LogP contribution in [0.15, 0.2) is 54.2 Å². The van der Waals surface area contributed by atoms with Crippen molar-refractivity contribution in [1.82, 2.24) is 0 Å². The van der Waals surface area contributed by atoms with Crippen LogP contribution in [0.4, 0.5) is 24.5 Å². The van der Waals surface area contributed by atoms with Gasteiger partial charge < -0.3 is 15.7 Å². The topological polar surface area (TPSA) is 85.2 Å². The second-order valence-electron chi connectivity index (χ2n) is 5.01. The second-order valence-corrected chi connectivity index (χ2v) is 5.44. The second kappa shape index (κ2) is 7.80.